The fourth-order valence-electron chi connectivity index (χ4n) is 4.34. The molecule has 3 heterocycles. The maximum atomic E-state index is 12.8. The van der Waals surface area contributed by atoms with Crippen LogP contribution >= 0.6 is 0 Å². The second-order valence-corrected chi connectivity index (χ2v) is 8.25. The molecule has 2 aromatic rings. The van der Waals surface area contributed by atoms with E-state index in [9.17, 15) is 4.79 Å². The van der Waals surface area contributed by atoms with E-state index in [1.807, 2.05) is 31.1 Å². The summed E-state index contributed by atoms with van der Waals surface area (Å²) in [6, 6.07) is 7.19. The highest BCUT2D eigenvalue weighted by molar-refractivity contribution is 5.78. The Morgan fingerprint density at radius 1 is 1.00 bits per heavy atom. The summed E-state index contributed by atoms with van der Waals surface area (Å²) in [5.41, 5.74) is 4.90. The molecule has 4 rings (SSSR count). The molecule has 1 amide bonds. The minimum Gasteiger partial charge on any atom is -0.339 e. The van der Waals surface area contributed by atoms with Gasteiger partial charge in [0.05, 0.1) is 6.54 Å². The topological polar surface area (TPSA) is 52.6 Å². The maximum absolute atomic E-state index is 12.8. The van der Waals surface area contributed by atoms with Crippen molar-refractivity contribution in [2.24, 2.45) is 0 Å². The van der Waals surface area contributed by atoms with Crippen molar-refractivity contribution in [1.29, 1.82) is 0 Å². The van der Waals surface area contributed by atoms with E-state index in [1.165, 1.54) is 17.5 Å². The van der Waals surface area contributed by atoms with E-state index < -0.39 is 0 Å². The number of hydrogen-bond acceptors (Lipinski definition) is 5. The van der Waals surface area contributed by atoms with Crippen LogP contribution in [0.1, 0.15) is 45.2 Å². The second kappa shape index (κ2) is 11.3. The van der Waals surface area contributed by atoms with E-state index in [2.05, 4.69) is 51.8 Å². The van der Waals surface area contributed by atoms with Crippen molar-refractivity contribution < 1.29 is 4.79 Å². The van der Waals surface area contributed by atoms with Crippen LogP contribution in [-0.4, -0.2) is 75.9 Å². The van der Waals surface area contributed by atoms with Crippen LogP contribution in [0.25, 0.3) is 11.1 Å². The highest BCUT2D eigenvalue weighted by Gasteiger charge is 2.26. The predicted molar refractivity (Wildman–Crippen MR) is 126 cm³/mol. The maximum Gasteiger partial charge on any atom is 0.236 e. The molecule has 1 aromatic carbocycles. The number of nitrogens with zero attached hydrogens (tertiary/aromatic N) is 5. The molecule has 6 nitrogen and oxygen atoms in total. The summed E-state index contributed by atoms with van der Waals surface area (Å²) in [6.45, 7) is 14.5. The lowest BCUT2D eigenvalue weighted by Gasteiger charge is -2.39. The first-order chi connectivity index (χ1) is 15.1. The van der Waals surface area contributed by atoms with Gasteiger partial charge in [-0.15, -0.1) is 0 Å². The quantitative estimate of drug-likeness (QED) is 0.737. The number of benzene rings is 1. The van der Waals surface area contributed by atoms with Crippen molar-refractivity contribution in [3.63, 3.8) is 0 Å². The van der Waals surface area contributed by atoms with Crippen LogP contribution < -0.4 is 0 Å². The third kappa shape index (κ3) is 5.89. The average molecular weight is 424 g/mol. The Kier molecular flexibility index (Phi) is 8.55. The zero-order valence-electron chi connectivity index (χ0n) is 19.5. The van der Waals surface area contributed by atoms with Gasteiger partial charge in [0.1, 0.15) is 6.33 Å². The number of hydrogen-bond donors (Lipinski definition) is 0. The van der Waals surface area contributed by atoms with Crippen LogP contribution in [0.4, 0.5) is 0 Å². The molecule has 0 saturated carbocycles. The lowest BCUT2D eigenvalue weighted by molar-refractivity contribution is -0.134. The van der Waals surface area contributed by atoms with E-state index in [1.54, 1.807) is 6.33 Å². The van der Waals surface area contributed by atoms with Gasteiger partial charge < -0.3 is 4.90 Å². The molecular weight excluding hydrogens is 386 g/mol. The largest absolute Gasteiger partial charge is 0.339 e. The summed E-state index contributed by atoms with van der Waals surface area (Å²) >= 11 is 0. The van der Waals surface area contributed by atoms with Gasteiger partial charge in [-0.05, 0) is 36.5 Å². The third-order valence-corrected chi connectivity index (χ3v) is 6.43. The van der Waals surface area contributed by atoms with Gasteiger partial charge in [0.15, 0.2) is 0 Å². The molecule has 2 aliphatic rings. The Bertz CT molecular complexity index is 833. The Morgan fingerprint density at radius 2 is 1.71 bits per heavy atom. The number of piperazine rings is 1. The molecule has 0 aliphatic carbocycles. The SMILES string of the molecule is CC.CCC(C)N1CCN(C(=O)CN2CCc3cc(-c4cncnc4)ccc3C2)CC1. The van der Waals surface area contributed by atoms with E-state index in [-0.39, 0.29) is 5.91 Å². The van der Waals surface area contributed by atoms with Gasteiger partial charge in [0, 0.05) is 63.3 Å². The molecule has 1 fully saturated rings. The van der Waals surface area contributed by atoms with Crippen LogP contribution in [0.3, 0.4) is 0 Å². The number of aromatic nitrogens is 2. The number of fused-ring (bicyclic) bond motifs is 1. The van der Waals surface area contributed by atoms with Gasteiger partial charge in [0.25, 0.3) is 0 Å². The van der Waals surface area contributed by atoms with Crippen molar-refractivity contribution in [2.75, 3.05) is 39.3 Å². The van der Waals surface area contributed by atoms with Gasteiger partial charge >= 0.3 is 0 Å². The molecule has 6 heteroatoms. The van der Waals surface area contributed by atoms with Crippen LogP contribution in [0.5, 0.6) is 0 Å². The minimum absolute atomic E-state index is 0.273. The smallest absolute Gasteiger partial charge is 0.236 e. The highest BCUT2D eigenvalue weighted by atomic mass is 16.2. The first-order valence-electron chi connectivity index (χ1n) is 11.8. The van der Waals surface area contributed by atoms with E-state index in [4.69, 9.17) is 0 Å². The van der Waals surface area contributed by atoms with Crippen molar-refractivity contribution in [3.05, 3.63) is 48.0 Å². The van der Waals surface area contributed by atoms with Gasteiger partial charge in [-0.1, -0.05) is 39.0 Å². The highest BCUT2D eigenvalue weighted by Crippen LogP contribution is 2.25. The number of rotatable bonds is 5. The number of amides is 1. The minimum atomic E-state index is 0.273. The van der Waals surface area contributed by atoms with Crippen molar-refractivity contribution in [2.45, 2.75) is 53.1 Å². The molecule has 31 heavy (non-hydrogen) atoms. The molecule has 0 N–H and O–H groups in total. The second-order valence-electron chi connectivity index (χ2n) is 8.25. The fourth-order valence-corrected chi connectivity index (χ4v) is 4.34. The first kappa shape index (κ1) is 23.4. The summed E-state index contributed by atoms with van der Waals surface area (Å²) in [5, 5.41) is 0. The summed E-state index contributed by atoms with van der Waals surface area (Å²) in [5.74, 6) is 0.273. The molecule has 2 aliphatic heterocycles. The summed E-state index contributed by atoms with van der Waals surface area (Å²) in [4.78, 5) is 27.9. The van der Waals surface area contributed by atoms with Crippen LogP contribution in [0, 0.1) is 0 Å². The van der Waals surface area contributed by atoms with E-state index in [0.29, 0.717) is 12.6 Å². The van der Waals surface area contributed by atoms with E-state index in [0.717, 1.165) is 56.8 Å². The number of carbonyl (C=O) groups is 1. The van der Waals surface area contributed by atoms with Crippen LogP contribution in [-0.2, 0) is 17.8 Å². The molecule has 1 atom stereocenters. The molecule has 0 spiro atoms. The average Bonchev–Trinajstić information content (AvgIpc) is 2.85. The normalized spacial score (nSPS) is 18.0. The van der Waals surface area contributed by atoms with Gasteiger partial charge in [-0.2, -0.15) is 0 Å². The lowest BCUT2D eigenvalue weighted by Crippen LogP contribution is -2.53. The Balaban J connectivity index is 0.00000132. The Hall–Kier alpha value is -2.31. The first-order valence-corrected chi connectivity index (χ1v) is 11.8. The zero-order chi connectivity index (χ0) is 22.2. The molecular formula is C25H37N5O. The Morgan fingerprint density at radius 3 is 2.39 bits per heavy atom. The van der Waals surface area contributed by atoms with Crippen molar-refractivity contribution >= 4 is 5.91 Å². The van der Waals surface area contributed by atoms with Gasteiger partial charge in [0.2, 0.25) is 5.91 Å². The molecule has 1 unspecified atom stereocenters. The summed E-state index contributed by atoms with van der Waals surface area (Å²) < 4.78 is 0. The molecule has 168 valence electrons. The standard InChI is InChI=1S/C23H31N5O.C2H6/c1-3-18(2)27-8-10-28(11-9-27)23(29)16-26-7-6-20-12-19(4-5-21(20)15-26)22-13-24-17-25-14-22;1-2/h4-5,12-14,17-18H,3,6-11,15-16H2,1-2H3;1-2H3. The van der Waals surface area contributed by atoms with Gasteiger partial charge in [-0.25, -0.2) is 9.97 Å². The van der Waals surface area contributed by atoms with E-state index >= 15 is 0 Å². The van der Waals surface area contributed by atoms with Crippen molar-refractivity contribution in [3.8, 4) is 11.1 Å². The molecule has 0 radical (unpaired) electrons. The summed E-state index contributed by atoms with van der Waals surface area (Å²) in [6.07, 6.45) is 7.40. The van der Waals surface area contributed by atoms with Gasteiger partial charge in [-0.3, -0.25) is 14.6 Å². The Labute approximate surface area is 187 Å². The number of carbonyl (C=O) groups excluding carboxylic acids is 1. The lowest BCUT2D eigenvalue weighted by atomic mass is 9.95. The van der Waals surface area contributed by atoms with Crippen LogP contribution in [0.2, 0.25) is 0 Å². The van der Waals surface area contributed by atoms with Crippen molar-refractivity contribution in [1.82, 2.24) is 24.7 Å². The predicted octanol–water partition coefficient (Wildman–Crippen LogP) is 3.47. The molecule has 1 aromatic heterocycles. The fraction of sp³-hybridized carbons (Fsp3) is 0.560. The third-order valence-electron chi connectivity index (χ3n) is 6.43. The zero-order valence-corrected chi connectivity index (χ0v) is 19.5. The summed E-state index contributed by atoms with van der Waals surface area (Å²) in [7, 11) is 0. The molecule has 1 saturated heterocycles. The molecule has 0 bridgehead atoms. The van der Waals surface area contributed by atoms with Crippen LogP contribution in [0.15, 0.2) is 36.9 Å². The monoisotopic (exact) mass is 423 g/mol.